The van der Waals surface area contributed by atoms with Crippen molar-refractivity contribution in [3.8, 4) is 10.4 Å². The van der Waals surface area contributed by atoms with Crippen LogP contribution in [0, 0.1) is 6.92 Å². The highest BCUT2D eigenvalue weighted by Crippen LogP contribution is 2.37. The minimum atomic E-state index is -0.405. The van der Waals surface area contributed by atoms with Gasteiger partial charge in [-0.25, -0.2) is 0 Å². The molecule has 0 unspecified atom stereocenters. The Balaban J connectivity index is 1.96. The van der Waals surface area contributed by atoms with Gasteiger partial charge < -0.3 is 9.31 Å². The second-order valence-corrected chi connectivity index (χ2v) is 7.38. The molecule has 1 fully saturated rings. The number of hydrogen-bond acceptors (Lipinski definition) is 4. The Morgan fingerprint density at radius 2 is 1.57 bits per heavy atom. The van der Waals surface area contributed by atoms with Crippen LogP contribution in [0.15, 0.2) is 29.8 Å². The fourth-order valence-corrected chi connectivity index (χ4v) is 3.11. The van der Waals surface area contributed by atoms with Crippen molar-refractivity contribution in [3.05, 3.63) is 35.3 Å². The van der Waals surface area contributed by atoms with Gasteiger partial charge in [0.1, 0.15) is 0 Å². The summed E-state index contributed by atoms with van der Waals surface area (Å²) in [5.74, 6) is 0. The third-order valence-corrected chi connectivity index (χ3v) is 5.28. The Bertz CT molecular complexity index is 633. The van der Waals surface area contributed by atoms with Crippen LogP contribution in [0.1, 0.15) is 33.3 Å². The lowest BCUT2D eigenvalue weighted by molar-refractivity contribution is 0.00578. The molecule has 0 radical (unpaired) electrons. The van der Waals surface area contributed by atoms with E-state index in [1.54, 1.807) is 11.3 Å². The Kier molecular flexibility index (Phi) is 3.47. The van der Waals surface area contributed by atoms with Crippen LogP contribution in [0.25, 0.3) is 10.4 Å². The molecule has 1 aliphatic rings. The molecule has 0 amide bonds. The van der Waals surface area contributed by atoms with E-state index in [2.05, 4.69) is 63.9 Å². The van der Waals surface area contributed by atoms with Crippen molar-refractivity contribution < 1.29 is 9.31 Å². The second kappa shape index (κ2) is 4.94. The third kappa shape index (κ3) is 2.54. The summed E-state index contributed by atoms with van der Waals surface area (Å²) in [5, 5.41) is 0. The fourth-order valence-electron chi connectivity index (χ4n) is 2.30. The molecule has 0 N–H and O–H groups in total. The van der Waals surface area contributed by atoms with Gasteiger partial charge in [0.15, 0.2) is 0 Å². The second-order valence-electron chi connectivity index (χ2n) is 6.52. The predicted octanol–water partition coefficient (Wildman–Crippen LogP) is 3.42. The first-order chi connectivity index (χ1) is 9.80. The lowest BCUT2D eigenvalue weighted by Gasteiger charge is -2.32. The van der Waals surface area contributed by atoms with Crippen LogP contribution in [0.3, 0.4) is 0 Å². The summed E-state index contributed by atoms with van der Waals surface area (Å²) in [6.45, 7) is 10.3. The molecular weight excluding hydrogens is 281 g/mol. The topological polar surface area (TPSA) is 31.4 Å². The molecule has 0 spiro atoms. The highest BCUT2D eigenvalue weighted by molar-refractivity contribution is 7.14. The molecule has 1 saturated heterocycles. The van der Waals surface area contributed by atoms with E-state index in [0.717, 1.165) is 16.0 Å². The van der Waals surface area contributed by atoms with E-state index in [0.29, 0.717) is 0 Å². The number of thiazole rings is 1. The van der Waals surface area contributed by atoms with Crippen molar-refractivity contribution in [2.45, 2.75) is 45.8 Å². The number of benzene rings is 1. The van der Waals surface area contributed by atoms with Gasteiger partial charge in [-0.3, -0.25) is 4.98 Å². The van der Waals surface area contributed by atoms with E-state index in [-0.39, 0.29) is 11.2 Å². The number of aromatic nitrogens is 1. The third-order valence-electron chi connectivity index (χ3n) is 4.39. The molecule has 1 aromatic heterocycles. The Morgan fingerprint density at radius 3 is 2.14 bits per heavy atom. The molecule has 2 heterocycles. The Morgan fingerprint density at radius 1 is 1.00 bits per heavy atom. The monoisotopic (exact) mass is 301 g/mol. The van der Waals surface area contributed by atoms with E-state index in [4.69, 9.17) is 9.31 Å². The molecular formula is C16H20BNO2S. The molecule has 1 aromatic carbocycles. The van der Waals surface area contributed by atoms with Crippen LogP contribution >= 0.6 is 11.3 Å². The SMILES string of the molecule is Cc1ccc(-c2scnc2B2OC(C)(C)C(C)(C)O2)cc1. The zero-order valence-electron chi connectivity index (χ0n) is 13.1. The minimum absolute atomic E-state index is 0.341. The maximum atomic E-state index is 6.12. The molecule has 1 aliphatic heterocycles. The van der Waals surface area contributed by atoms with Crippen molar-refractivity contribution in [1.29, 1.82) is 0 Å². The highest BCUT2D eigenvalue weighted by atomic mass is 32.1. The number of rotatable bonds is 2. The molecule has 5 heteroatoms. The molecule has 2 aromatic rings. The fraction of sp³-hybridized carbons (Fsp3) is 0.438. The summed E-state index contributed by atoms with van der Waals surface area (Å²) < 4.78 is 12.2. The van der Waals surface area contributed by atoms with Crippen molar-refractivity contribution in [1.82, 2.24) is 4.98 Å². The molecule has 3 rings (SSSR count). The van der Waals surface area contributed by atoms with Crippen LogP contribution in [-0.4, -0.2) is 23.3 Å². The summed E-state index contributed by atoms with van der Waals surface area (Å²) in [7, 11) is -0.405. The van der Waals surface area contributed by atoms with Gasteiger partial charge in [-0.2, -0.15) is 0 Å². The smallest absolute Gasteiger partial charge is 0.398 e. The standard InChI is InChI=1S/C16H20BNO2S/c1-11-6-8-12(9-7-11)13-14(18-10-21-13)17-19-15(2,3)16(4,5)20-17/h6-10H,1-5H3. The van der Waals surface area contributed by atoms with Crippen LogP contribution in [0.4, 0.5) is 0 Å². The van der Waals surface area contributed by atoms with Gasteiger partial charge in [-0.05, 0) is 40.2 Å². The van der Waals surface area contributed by atoms with Crippen LogP contribution in [0.2, 0.25) is 0 Å². The first kappa shape index (κ1) is 14.8. The summed E-state index contributed by atoms with van der Waals surface area (Å²) in [5.41, 5.74) is 4.46. The van der Waals surface area contributed by atoms with Crippen molar-refractivity contribution in [3.63, 3.8) is 0 Å². The highest BCUT2D eigenvalue weighted by Gasteiger charge is 2.53. The van der Waals surface area contributed by atoms with Gasteiger partial charge in [0, 0.05) is 0 Å². The number of aryl methyl sites for hydroxylation is 1. The van der Waals surface area contributed by atoms with Crippen LogP contribution < -0.4 is 5.59 Å². The molecule has 0 aliphatic carbocycles. The summed E-state index contributed by atoms with van der Waals surface area (Å²) in [6.07, 6.45) is 0. The van der Waals surface area contributed by atoms with E-state index in [1.165, 1.54) is 5.56 Å². The number of hydrogen-bond donors (Lipinski definition) is 0. The zero-order chi connectivity index (χ0) is 15.3. The summed E-state index contributed by atoms with van der Waals surface area (Å²) in [4.78, 5) is 5.62. The molecule has 110 valence electrons. The van der Waals surface area contributed by atoms with E-state index in [1.807, 2.05) is 5.51 Å². The van der Waals surface area contributed by atoms with Gasteiger partial charge in [0.2, 0.25) is 0 Å². The predicted molar refractivity (Wildman–Crippen MR) is 88.0 cm³/mol. The quantitative estimate of drug-likeness (QED) is 0.797. The Labute approximate surface area is 130 Å². The molecule has 3 nitrogen and oxygen atoms in total. The van der Waals surface area contributed by atoms with Crippen LogP contribution in [-0.2, 0) is 9.31 Å². The molecule has 0 bridgehead atoms. The van der Waals surface area contributed by atoms with E-state index in [9.17, 15) is 0 Å². The van der Waals surface area contributed by atoms with Gasteiger partial charge in [-0.15, -0.1) is 11.3 Å². The zero-order valence-corrected chi connectivity index (χ0v) is 14.0. The lowest BCUT2D eigenvalue weighted by Crippen LogP contribution is -2.41. The van der Waals surface area contributed by atoms with Crippen LogP contribution in [0.5, 0.6) is 0 Å². The van der Waals surface area contributed by atoms with E-state index >= 15 is 0 Å². The maximum Gasteiger partial charge on any atom is 0.516 e. The maximum absolute atomic E-state index is 6.12. The first-order valence-corrected chi connectivity index (χ1v) is 8.04. The largest absolute Gasteiger partial charge is 0.516 e. The van der Waals surface area contributed by atoms with E-state index < -0.39 is 7.12 Å². The minimum Gasteiger partial charge on any atom is -0.398 e. The average molecular weight is 301 g/mol. The normalized spacial score (nSPS) is 20.0. The molecule has 0 saturated carbocycles. The van der Waals surface area contributed by atoms with Crippen molar-refractivity contribution >= 4 is 24.0 Å². The van der Waals surface area contributed by atoms with Gasteiger partial charge >= 0.3 is 7.12 Å². The van der Waals surface area contributed by atoms with Gasteiger partial charge in [0.25, 0.3) is 0 Å². The van der Waals surface area contributed by atoms with Gasteiger partial charge in [-0.1, -0.05) is 29.8 Å². The molecule has 0 atom stereocenters. The van der Waals surface area contributed by atoms with Crippen molar-refractivity contribution in [2.24, 2.45) is 0 Å². The Hall–Kier alpha value is -1.17. The summed E-state index contributed by atoms with van der Waals surface area (Å²) in [6, 6.07) is 8.47. The van der Waals surface area contributed by atoms with Crippen molar-refractivity contribution in [2.75, 3.05) is 0 Å². The van der Waals surface area contributed by atoms with Gasteiger partial charge in [0.05, 0.1) is 27.2 Å². The summed E-state index contributed by atoms with van der Waals surface area (Å²) >= 11 is 1.62. The number of nitrogens with zero attached hydrogens (tertiary/aromatic N) is 1. The lowest BCUT2D eigenvalue weighted by atomic mass is 9.82. The molecule has 21 heavy (non-hydrogen) atoms. The average Bonchev–Trinajstić information content (AvgIpc) is 2.94. The first-order valence-electron chi connectivity index (χ1n) is 7.16.